The number of nitrogen functional groups attached to an aromatic ring is 1. The van der Waals surface area contributed by atoms with Crippen molar-refractivity contribution in [2.75, 3.05) is 74.9 Å². The van der Waals surface area contributed by atoms with Crippen LogP contribution >= 0.6 is 0 Å². The lowest BCUT2D eigenvalue weighted by Crippen LogP contribution is -2.63. The van der Waals surface area contributed by atoms with Crippen LogP contribution in [-0.2, 0) is 0 Å². The minimum atomic E-state index is 0.221. The first-order chi connectivity index (χ1) is 21.1. The standard InChI is InChI=1S/C34H62N8O/c35-31-24-32(41-21-22-42(20-7-8-23-43)34(27-41)16-5-2-6-17-34)40-33(39-31)38-26-29-14-12-28(13-15-29)25-36-18-9-19-37-30-10-3-1-4-11-30/h24,28-30,36-37,43H,1-23,25-27H2,(H3,35,38,39,40). The molecule has 9 heteroatoms. The van der Waals surface area contributed by atoms with Gasteiger partial charge in [-0.15, -0.1) is 0 Å². The molecule has 4 aliphatic rings. The van der Waals surface area contributed by atoms with Crippen molar-refractivity contribution >= 4 is 17.6 Å². The van der Waals surface area contributed by atoms with E-state index in [1.807, 2.05) is 6.07 Å². The molecule has 0 amide bonds. The highest BCUT2D eigenvalue weighted by molar-refractivity contribution is 5.52. The number of rotatable bonds is 15. The van der Waals surface area contributed by atoms with Gasteiger partial charge in [0.25, 0.3) is 0 Å². The molecule has 5 rings (SSSR count). The monoisotopic (exact) mass is 599 g/mol. The average molecular weight is 599 g/mol. The first-order valence-electron chi connectivity index (χ1n) is 18.1. The second-order valence-electron chi connectivity index (χ2n) is 14.2. The third-order valence-electron chi connectivity index (χ3n) is 11.0. The third kappa shape index (κ3) is 9.90. The Bertz CT molecular complexity index is 927. The van der Waals surface area contributed by atoms with E-state index in [0.717, 1.165) is 76.4 Å². The normalized spacial score (nSPS) is 25.3. The van der Waals surface area contributed by atoms with Crippen LogP contribution in [-0.4, -0.2) is 90.5 Å². The van der Waals surface area contributed by atoms with Crippen LogP contribution in [0.5, 0.6) is 0 Å². The van der Waals surface area contributed by atoms with Crippen LogP contribution in [0, 0.1) is 11.8 Å². The maximum atomic E-state index is 9.30. The largest absolute Gasteiger partial charge is 0.396 e. The Kier molecular flexibility index (Phi) is 13.0. The summed E-state index contributed by atoms with van der Waals surface area (Å²) in [6, 6.07) is 2.74. The van der Waals surface area contributed by atoms with Crippen molar-refractivity contribution in [3.05, 3.63) is 6.07 Å². The first-order valence-corrected chi connectivity index (χ1v) is 18.1. The van der Waals surface area contributed by atoms with Crippen molar-refractivity contribution in [1.29, 1.82) is 0 Å². The summed E-state index contributed by atoms with van der Waals surface area (Å²) in [6.07, 6.45) is 21.8. The van der Waals surface area contributed by atoms with Gasteiger partial charge in [-0.1, -0.05) is 38.5 Å². The number of nitrogens with zero attached hydrogens (tertiary/aromatic N) is 4. The van der Waals surface area contributed by atoms with Crippen LogP contribution in [0.1, 0.15) is 109 Å². The second kappa shape index (κ2) is 17.1. The zero-order valence-electron chi connectivity index (χ0n) is 27.0. The molecule has 2 heterocycles. The molecule has 244 valence electrons. The minimum absolute atomic E-state index is 0.221. The molecule has 0 aromatic carbocycles. The van der Waals surface area contributed by atoms with E-state index < -0.39 is 0 Å². The van der Waals surface area contributed by atoms with Crippen molar-refractivity contribution in [3.8, 4) is 0 Å². The molecule has 6 N–H and O–H groups in total. The van der Waals surface area contributed by atoms with E-state index in [9.17, 15) is 5.11 Å². The topological polar surface area (TPSA) is 115 Å². The van der Waals surface area contributed by atoms with E-state index in [1.54, 1.807) is 0 Å². The van der Waals surface area contributed by atoms with Gasteiger partial charge in [-0.25, -0.2) is 0 Å². The molecule has 4 fully saturated rings. The van der Waals surface area contributed by atoms with Gasteiger partial charge in [0.2, 0.25) is 5.95 Å². The van der Waals surface area contributed by atoms with Crippen LogP contribution in [0.4, 0.5) is 17.6 Å². The summed E-state index contributed by atoms with van der Waals surface area (Å²) < 4.78 is 0. The minimum Gasteiger partial charge on any atom is -0.396 e. The molecule has 1 aromatic heterocycles. The molecule has 1 spiro atoms. The second-order valence-corrected chi connectivity index (χ2v) is 14.2. The first kappa shape index (κ1) is 32.7. The van der Waals surface area contributed by atoms with E-state index in [-0.39, 0.29) is 5.54 Å². The molecule has 0 bridgehead atoms. The summed E-state index contributed by atoms with van der Waals surface area (Å²) in [5.41, 5.74) is 6.54. The van der Waals surface area contributed by atoms with E-state index in [0.29, 0.717) is 24.3 Å². The molecule has 1 aliphatic heterocycles. The fraction of sp³-hybridized carbons (Fsp3) is 0.882. The highest BCUT2D eigenvalue weighted by Crippen LogP contribution is 2.38. The Hall–Kier alpha value is -1.68. The van der Waals surface area contributed by atoms with Gasteiger partial charge in [-0.05, 0) is 109 Å². The number of aliphatic hydroxyl groups is 1. The van der Waals surface area contributed by atoms with Crippen molar-refractivity contribution < 1.29 is 5.11 Å². The van der Waals surface area contributed by atoms with Gasteiger partial charge in [0.15, 0.2) is 0 Å². The summed E-state index contributed by atoms with van der Waals surface area (Å²) in [6.45, 7) is 8.79. The molecule has 0 radical (unpaired) electrons. The third-order valence-corrected chi connectivity index (χ3v) is 11.0. The summed E-state index contributed by atoms with van der Waals surface area (Å²) in [5, 5.41) is 20.4. The number of nitrogens with two attached hydrogens (primary N) is 1. The zero-order valence-corrected chi connectivity index (χ0v) is 27.0. The number of unbranched alkanes of at least 4 members (excludes halogenated alkanes) is 1. The number of hydrogen-bond acceptors (Lipinski definition) is 9. The van der Waals surface area contributed by atoms with Crippen molar-refractivity contribution in [1.82, 2.24) is 25.5 Å². The quantitative estimate of drug-likeness (QED) is 0.182. The molecular formula is C34H62N8O. The van der Waals surface area contributed by atoms with Crippen LogP contribution in [0.25, 0.3) is 0 Å². The number of aliphatic hydroxyl groups excluding tert-OH is 1. The molecular weight excluding hydrogens is 536 g/mol. The van der Waals surface area contributed by atoms with Crippen molar-refractivity contribution in [3.63, 3.8) is 0 Å². The summed E-state index contributed by atoms with van der Waals surface area (Å²) in [7, 11) is 0. The van der Waals surface area contributed by atoms with Crippen LogP contribution in [0.15, 0.2) is 6.07 Å². The van der Waals surface area contributed by atoms with Gasteiger partial charge in [0.05, 0.1) is 0 Å². The predicted octanol–water partition coefficient (Wildman–Crippen LogP) is 4.78. The number of aromatic nitrogens is 2. The molecule has 1 aromatic rings. The Morgan fingerprint density at radius 3 is 2.35 bits per heavy atom. The van der Waals surface area contributed by atoms with Crippen LogP contribution in [0.3, 0.4) is 0 Å². The molecule has 43 heavy (non-hydrogen) atoms. The maximum absolute atomic E-state index is 9.30. The number of piperazine rings is 1. The van der Waals surface area contributed by atoms with E-state index in [4.69, 9.17) is 10.7 Å². The molecule has 9 nitrogen and oxygen atoms in total. The predicted molar refractivity (Wildman–Crippen MR) is 179 cm³/mol. The fourth-order valence-electron chi connectivity index (χ4n) is 8.36. The van der Waals surface area contributed by atoms with Crippen molar-refractivity contribution in [2.24, 2.45) is 11.8 Å². The Labute approximate surface area is 261 Å². The lowest BCUT2D eigenvalue weighted by molar-refractivity contribution is 0.0362. The van der Waals surface area contributed by atoms with Gasteiger partial charge in [0, 0.05) is 50.4 Å². The van der Waals surface area contributed by atoms with Gasteiger partial charge in [-0.2, -0.15) is 9.97 Å². The van der Waals surface area contributed by atoms with E-state index in [2.05, 4.69) is 30.7 Å². The maximum Gasteiger partial charge on any atom is 0.226 e. The van der Waals surface area contributed by atoms with Gasteiger partial charge in [0.1, 0.15) is 11.6 Å². The zero-order chi connectivity index (χ0) is 29.7. The Morgan fingerprint density at radius 2 is 1.58 bits per heavy atom. The Balaban J connectivity index is 1.02. The summed E-state index contributed by atoms with van der Waals surface area (Å²) in [4.78, 5) is 14.7. The number of nitrogens with one attached hydrogen (secondary N) is 3. The highest BCUT2D eigenvalue weighted by atomic mass is 16.2. The SMILES string of the molecule is Nc1cc(N2CCN(CCCCO)C3(CCCCC3)C2)nc(NCC2CCC(CNCCCNC3CCCCC3)CC2)n1. The van der Waals surface area contributed by atoms with Crippen molar-refractivity contribution in [2.45, 2.75) is 121 Å². The smallest absolute Gasteiger partial charge is 0.226 e. The van der Waals surface area contributed by atoms with Gasteiger partial charge >= 0.3 is 0 Å². The number of hydrogen-bond donors (Lipinski definition) is 5. The molecule has 3 aliphatic carbocycles. The lowest BCUT2D eigenvalue weighted by Gasteiger charge is -2.53. The Morgan fingerprint density at radius 1 is 0.837 bits per heavy atom. The molecule has 1 saturated heterocycles. The molecule has 0 unspecified atom stereocenters. The summed E-state index contributed by atoms with van der Waals surface area (Å²) >= 11 is 0. The van der Waals surface area contributed by atoms with Gasteiger partial charge < -0.3 is 31.7 Å². The highest BCUT2D eigenvalue weighted by Gasteiger charge is 2.42. The number of anilines is 3. The van der Waals surface area contributed by atoms with Crippen LogP contribution < -0.4 is 26.6 Å². The molecule has 0 atom stereocenters. The summed E-state index contributed by atoms with van der Waals surface area (Å²) in [5.74, 6) is 3.70. The van der Waals surface area contributed by atoms with E-state index in [1.165, 1.54) is 103 Å². The fourth-order valence-corrected chi connectivity index (χ4v) is 8.36. The van der Waals surface area contributed by atoms with Crippen LogP contribution in [0.2, 0.25) is 0 Å². The van der Waals surface area contributed by atoms with Gasteiger partial charge in [-0.3, -0.25) is 4.90 Å². The van der Waals surface area contributed by atoms with E-state index >= 15 is 0 Å². The molecule has 3 saturated carbocycles. The lowest BCUT2D eigenvalue weighted by atomic mass is 9.78. The average Bonchev–Trinajstić information content (AvgIpc) is 3.04.